The summed E-state index contributed by atoms with van der Waals surface area (Å²) in [6, 6.07) is 9.04. The summed E-state index contributed by atoms with van der Waals surface area (Å²) in [4.78, 5) is 20.0. The number of hydrogen-bond donors (Lipinski definition) is 2. The van der Waals surface area contributed by atoms with Crippen molar-refractivity contribution in [3.63, 3.8) is 0 Å². The molecule has 2 N–H and O–H groups in total. The first-order valence-electron chi connectivity index (χ1n) is 9.05. The maximum atomic E-state index is 12.7. The predicted octanol–water partition coefficient (Wildman–Crippen LogP) is 3.67. The number of hydrogen-bond acceptors (Lipinski definition) is 5. The number of benzene rings is 1. The van der Waals surface area contributed by atoms with Crippen molar-refractivity contribution in [1.82, 2.24) is 15.3 Å². The Hall–Kier alpha value is -3.79. The number of amides is 1. The smallest absolute Gasteiger partial charge is 0.262 e. The van der Waals surface area contributed by atoms with Crippen molar-refractivity contribution in [2.45, 2.75) is 19.9 Å². The molecule has 3 aromatic rings. The second-order valence-electron chi connectivity index (χ2n) is 6.63. The van der Waals surface area contributed by atoms with Crippen molar-refractivity contribution in [2.75, 3.05) is 14.2 Å². The number of carbonyl (C=O) groups is 1. The summed E-state index contributed by atoms with van der Waals surface area (Å²) in [5.41, 5.74) is 3.29. The summed E-state index contributed by atoms with van der Waals surface area (Å²) in [6.07, 6.45) is 5.06. The molecular weight excluding hydrogens is 368 g/mol. The lowest BCUT2D eigenvalue weighted by atomic mass is 10.1. The zero-order chi connectivity index (χ0) is 21.0. The van der Waals surface area contributed by atoms with Crippen LogP contribution in [0.1, 0.15) is 29.7 Å². The molecule has 0 saturated heterocycles. The Bertz CT molecular complexity index is 1120. The van der Waals surface area contributed by atoms with E-state index in [-0.39, 0.29) is 11.6 Å². The molecule has 2 aromatic heterocycles. The van der Waals surface area contributed by atoms with E-state index in [9.17, 15) is 10.1 Å². The molecule has 0 fully saturated rings. The second-order valence-corrected chi connectivity index (χ2v) is 6.63. The third kappa shape index (κ3) is 4.22. The number of nitrogens with one attached hydrogen (secondary N) is 2. The van der Waals surface area contributed by atoms with E-state index in [1.54, 1.807) is 44.8 Å². The van der Waals surface area contributed by atoms with Crippen molar-refractivity contribution in [2.24, 2.45) is 0 Å². The number of aromatic nitrogens is 2. The summed E-state index contributed by atoms with van der Waals surface area (Å²) in [5, 5.41) is 13.2. The molecular formula is C22H22N4O3. The fourth-order valence-corrected chi connectivity index (χ4v) is 3.03. The van der Waals surface area contributed by atoms with Gasteiger partial charge in [0.1, 0.15) is 17.3 Å². The van der Waals surface area contributed by atoms with Gasteiger partial charge in [0.2, 0.25) is 0 Å². The van der Waals surface area contributed by atoms with E-state index in [2.05, 4.69) is 15.3 Å². The normalized spacial score (nSPS) is 12.3. The molecule has 0 spiro atoms. The molecule has 1 amide bonds. The number of nitriles is 1. The van der Waals surface area contributed by atoms with Gasteiger partial charge < -0.3 is 19.8 Å². The van der Waals surface area contributed by atoms with E-state index in [4.69, 9.17) is 9.47 Å². The lowest BCUT2D eigenvalue weighted by Gasteiger charge is -2.16. The van der Waals surface area contributed by atoms with E-state index in [1.807, 2.05) is 32.0 Å². The maximum absolute atomic E-state index is 12.7. The molecule has 3 rings (SSSR count). The van der Waals surface area contributed by atoms with Crippen LogP contribution in [-0.2, 0) is 4.79 Å². The SMILES string of the molecule is COc1ccc([C@@H](C)NC(=O)/C(C#N)=C/c2c[nH]c3ncc(C)cc23)cc1OC. The van der Waals surface area contributed by atoms with Gasteiger partial charge in [-0.05, 0) is 49.2 Å². The highest BCUT2D eigenvalue weighted by Crippen LogP contribution is 2.30. The van der Waals surface area contributed by atoms with Crippen molar-refractivity contribution < 1.29 is 14.3 Å². The number of rotatable bonds is 6. The quantitative estimate of drug-likeness (QED) is 0.494. The molecule has 0 aliphatic carbocycles. The lowest BCUT2D eigenvalue weighted by Crippen LogP contribution is -2.27. The Balaban J connectivity index is 1.83. The molecule has 148 valence electrons. The minimum absolute atomic E-state index is 0.0136. The third-order valence-corrected chi connectivity index (χ3v) is 4.62. The number of nitrogens with zero attached hydrogens (tertiary/aromatic N) is 2. The number of methoxy groups -OCH3 is 2. The number of ether oxygens (including phenoxy) is 2. The summed E-state index contributed by atoms with van der Waals surface area (Å²) < 4.78 is 10.5. The first-order chi connectivity index (χ1) is 14.0. The summed E-state index contributed by atoms with van der Waals surface area (Å²) >= 11 is 0. The fourth-order valence-electron chi connectivity index (χ4n) is 3.03. The zero-order valence-electron chi connectivity index (χ0n) is 16.7. The first kappa shape index (κ1) is 20.0. The average Bonchev–Trinajstić information content (AvgIpc) is 3.12. The monoisotopic (exact) mass is 390 g/mol. The third-order valence-electron chi connectivity index (χ3n) is 4.62. The molecule has 1 aromatic carbocycles. The van der Waals surface area contributed by atoms with Crippen LogP contribution in [0, 0.1) is 18.3 Å². The summed E-state index contributed by atoms with van der Waals surface area (Å²) in [5.74, 6) is 0.726. The Morgan fingerprint density at radius 1 is 1.28 bits per heavy atom. The number of carbonyl (C=O) groups excluding carboxylic acids is 1. The molecule has 0 aliphatic heterocycles. The Labute approximate surface area is 169 Å². The average molecular weight is 390 g/mol. The van der Waals surface area contributed by atoms with Crippen LogP contribution in [0.25, 0.3) is 17.1 Å². The van der Waals surface area contributed by atoms with Crippen molar-refractivity contribution in [3.8, 4) is 17.6 Å². The number of pyridine rings is 1. The van der Waals surface area contributed by atoms with E-state index >= 15 is 0 Å². The van der Waals surface area contributed by atoms with E-state index < -0.39 is 5.91 Å². The highest BCUT2D eigenvalue weighted by atomic mass is 16.5. The van der Waals surface area contributed by atoms with E-state index in [0.717, 1.165) is 22.1 Å². The molecule has 7 heteroatoms. The van der Waals surface area contributed by atoms with Crippen LogP contribution in [0.4, 0.5) is 0 Å². The molecule has 0 aliphatic rings. The molecule has 0 unspecified atom stereocenters. The van der Waals surface area contributed by atoms with Crippen molar-refractivity contribution in [3.05, 3.63) is 58.9 Å². The molecule has 1 atom stereocenters. The Morgan fingerprint density at radius 3 is 2.72 bits per heavy atom. The van der Waals surface area contributed by atoms with Crippen molar-refractivity contribution >= 4 is 23.0 Å². The topological polar surface area (TPSA) is 100 Å². The van der Waals surface area contributed by atoms with Crippen LogP contribution < -0.4 is 14.8 Å². The zero-order valence-corrected chi connectivity index (χ0v) is 16.7. The highest BCUT2D eigenvalue weighted by Gasteiger charge is 2.16. The van der Waals surface area contributed by atoms with Gasteiger partial charge in [0.25, 0.3) is 5.91 Å². The molecule has 7 nitrogen and oxygen atoms in total. The second kappa shape index (κ2) is 8.48. The number of aryl methyl sites for hydroxylation is 1. The van der Waals surface area contributed by atoms with Gasteiger partial charge in [-0.25, -0.2) is 4.98 Å². The number of H-pyrrole nitrogens is 1. The molecule has 29 heavy (non-hydrogen) atoms. The largest absolute Gasteiger partial charge is 0.493 e. The standard InChI is InChI=1S/C22H22N4O3/c1-13-7-18-17(12-25-21(18)24-11-13)8-16(10-23)22(27)26-14(2)15-5-6-19(28-3)20(9-15)29-4/h5-9,11-12,14H,1-4H3,(H,24,25)(H,26,27)/b16-8+/t14-/m1/s1. The number of aromatic amines is 1. The predicted molar refractivity (Wildman–Crippen MR) is 111 cm³/mol. The van der Waals surface area contributed by atoms with Gasteiger partial charge in [-0.1, -0.05) is 6.07 Å². The fraction of sp³-hybridized carbons (Fsp3) is 0.227. The van der Waals surface area contributed by atoms with Gasteiger partial charge in [0.05, 0.1) is 20.3 Å². The van der Waals surface area contributed by atoms with Gasteiger partial charge in [-0.2, -0.15) is 5.26 Å². The Kier molecular flexibility index (Phi) is 5.84. The first-order valence-corrected chi connectivity index (χ1v) is 9.05. The molecule has 2 heterocycles. The van der Waals surface area contributed by atoms with Gasteiger partial charge in [-0.15, -0.1) is 0 Å². The number of fused-ring (bicyclic) bond motifs is 1. The van der Waals surface area contributed by atoms with Crippen LogP contribution in [0.3, 0.4) is 0 Å². The van der Waals surface area contributed by atoms with Crippen LogP contribution in [0.15, 0.2) is 42.2 Å². The van der Waals surface area contributed by atoms with E-state index in [0.29, 0.717) is 17.1 Å². The summed E-state index contributed by atoms with van der Waals surface area (Å²) in [7, 11) is 3.12. The lowest BCUT2D eigenvalue weighted by molar-refractivity contribution is -0.117. The van der Waals surface area contributed by atoms with Gasteiger partial charge >= 0.3 is 0 Å². The molecule has 0 radical (unpaired) electrons. The van der Waals surface area contributed by atoms with Crippen LogP contribution in [0.2, 0.25) is 0 Å². The van der Waals surface area contributed by atoms with Gasteiger partial charge in [0.15, 0.2) is 11.5 Å². The van der Waals surface area contributed by atoms with Gasteiger partial charge in [-0.3, -0.25) is 4.79 Å². The van der Waals surface area contributed by atoms with E-state index in [1.165, 1.54) is 0 Å². The molecule has 0 saturated carbocycles. The summed E-state index contributed by atoms with van der Waals surface area (Å²) in [6.45, 7) is 3.78. The van der Waals surface area contributed by atoms with Crippen LogP contribution in [0.5, 0.6) is 11.5 Å². The van der Waals surface area contributed by atoms with Gasteiger partial charge in [0, 0.05) is 23.3 Å². The van der Waals surface area contributed by atoms with Crippen LogP contribution in [-0.4, -0.2) is 30.1 Å². The molecule has 0 bridgehead atoms. The highest BCUT2D eigenvalue weighted by molar-refractivity contribution is 6.03. The minimum atomic E-state index is -0.454. The maximum Gasteiger partial charge on any atom is 0.262 e. The van der Waals surface area contributed by atoms with Crippen molar-refractivity contribution in [1.29, 1.82) is 5.26 Å². The Morgan fingerprint density at radius 2 is 2.03 bits per heavy atom. The minimum Gasteiger partial charge on any atom is -0.493 e. The van der Waals surface area contributed by atoms with Crippen LogP contribution >= 0.6 is 0 Å².